The maximum absolute atomic E-state index is 12.8. The first-order valence-electron chi connectivity index (χ1n) is 10.7. The molecule has 0 atom stereocenters. The number of nitrogens with one attached hydrogen (secondary N) is 3. The number of amides is 1. The average molecular weight is 514 g/mol. The van der Waals surface area contributed by atoms with E-state index in [4.69, 9.17) is 4.42 Å². The van der Waals surface area contributed by atoms with Gasteiger partial charge in [0.1, 0.15) is 5.58 Å². The van der Waals surface area contributed by atoms with Gasteiger partial charge in [0.05, 0.1) is 9.79 Å². The molecule has 0 bridgehead atoms. The van der Waals surface area contributed by atoms with Gasteiger partial charge >= 0.3 is 5.91 Å². The molecule has 1 aromatic heterocycles. The Morgan fingerprint density at radius 1 is 0.829 bits per heavy atom. The van der Waals surface area contributed by atoms with E-state index in [0.29, 0.717) is 11.0 Å². The van der Waals surface area contributed by atoms with Crippen LogP contribution in [-0.2, 0) is 26.5 Å². The summed E-state index contributed by atoms with van der Waals surface area (Å²) < 4.78 is 58.0. The highest BCUT2D eigenvalue weighted by Gasteiger charge is 2.19. The van der Waals surface area contributed by atoms with Crippen LogP contribution in [0.4, 0.5) is 5.69 Å². The number of sulfonamides is 2. The van der Waals surface area contributed by atoms with E-state index in [1.54, 1.807) is 42.5 Å². The highest BCUT2D eigenvalue weighted by Crippen LogP contribution is 2.25. The van der Waals surface area contributed by atoms with Crippen LogP contribution in [-0.4, -0.2) is 22.7 Å². The molecule has 0 aliphatic carbocycles. The lowest BCUT2D eigenvalue weighted by Gasteiger charge is -2.09. The molecule has 1 amide bonds. The van der Waals surface area contributed by atoms with Gasteiger partial charge in [-0.1, -0.05) is 43.7 Å². The molecule has 0 spiro atoms. The molecule has 0 radical (unpaired) electrons. The zero-order valence-electron chi connectivity index (χ0n) is 18.7. The van der Waals surface area contributed by atoms with Crippen LogP contribution in [0.1, 0.15) is 29.5 Å². The molecule has 4 rings (SSSR count). The second-order valence-corrected chi connectivity index (χ2v) is 11.1. The summed E-state index contributed by atoms with van der Waals surface area (Å²) in [6.45, 7) is 2.05. The quantitative estimate of drug-likeness (QED) is 0.291. The van der Waals surface area contributed by atoms with E-state index in [0.717, 1.165) is 18.4 Å². The van der Waals surface area contributed by atoms with Gasteiger partial charge in [-0.2, -0.15) is 0 Å². The van der Waals surface area contributed by atoms with Crippen molar-refractivity contribution >= 4 is 42.6 Å². The fourth-order valence-corrected chi connectivity index (χ4v) is 5.30. The third-order valence-electron chi connectivity index (χ3n) is 5.12. The molecule has 0 aliphatic rings. The maximum atomic E-state index is 12.8. The maximum Gasteiger partial charge on any atom is 0.301 e. The molecule has 11 heteroatoms. The number of aryl methyl sites for hydroxylation is 1. The van der Waals surface area contributed by atoms with Gasteiger partial charge in [0.2, 0.25) is 0 Å². The minimum atomic E-state index is -3.95. The number of furan rings is 1. The van der Waals surface area contributed by atoms with Crippen molar-refractivity contribution in [2.45, 2.75) is 29.6 Å². The van der Waals surface area contributed by atoms with Gasteiger partial charge in [0.15, 0.2) is 5.76 Å². The summed E-state index contributed by atoms with van der Waals surface area (Å²) in [6, 6.07) is 20.2. The van der Waals surface area contributed by atoms with Crippen molar-refractivity contribution in [1.82, 2.24) is 10.3 Å². The third-order valence-corrected chi connectivity index (χ3v) is 7.78. The molecule has 0 fully saturated rings. The van der Waals surface area contributed by atoms with Crippen LogP contribution in [0, 0.1) is 0 Å². The Balaban J connectivity index is 1.47. The minimum Gasteiger partial charge on any atom is -0.451 e. The molecule has 35 heavy (non-hydrogen) atoms. The van der Waals surface area contributed by atoms with Crippen LogP contribution in [0.2, 0.25) is 0 Å². The predicted octanol–water partition coefficient (Wildman–Crippen LogP) is 3.81. The second kappa shape index (κ2) is 9.90. The molecule has 9 nitrogen and oxygen atoms in total. The standard InChI is InChI=1S/C24H23N3O6S2/c1-2-6-17-9-12-21(13-10-17)34(29,30)26-19-11-14-22-18(15-19)16-23(33-22)24(28)25-27-35(31,32)20-7-4-3-5-8-20/h3-5,7-16,26-27H,2,6H2,1H3,(H,25,28). The summed E-state index contributed by atoms with van der Waals surface area (Å²) in [6.07, 6.45) is 1.84. The van der Waals surface area contributed by atoms with E-state index in [1.165, 1.54) is 36.4 Å². The molecule has 0 saturated heterocycles. The van der Waals surface area contributed by atoms with E-state index in [9.17, 15) is 21.6 Å². The topological polar surface area (TPSA) is 135 Å². The third kappa shape index (κ3) is 5.70. The number of hydrogen-bond acceptors (Lipinski definition) is 6. The molecule has 0 saturated carbocycles. The number of hydrazine groups is 1. The molecule has 3 aromatic carbocycles. The van der Waals surface area contributed by atoms with E-state index in [1.807, 2.05) is 4.83 Å². The Kier molecular flexibility index (Phi) is 6.92. The van der Waals surface area contributed by atoms with Gasteiger partial charge in [-0.05, 0) is 60.5 Å². The van der Waals surface area contributed by atoms with E-state index >= 15 is 0 Å². The SMILES string of the molecule is CCCc1ccc(S(=O)(=O)Nc2ccc3oc(C(=O)NNS(=O)(=O)c4ccccc4)cc3c2)cc1. The van der Waals surface area contributed by atoms with Crippen molar-refractivity contribution in [2.75, 3.05) is 4.72 Å². The van der Waals surface area contributed by atoms with E-state index in [-0.39, 0.29) is 21.2 Å². The molecule has 4 aromatic rings. The lowest BCUT2D eigenvalue weighted by Crippen LogP contribution is -2.41. The number of carbonyl (C=O) groups excluding carboxylic acids is 1. The van der Waals surface area contributed by atoms with Crippen molar-refractivity contribution in [3.05, 3.63) is 90.2 Å². The lowest BCUT2D eigenvalue weighted by molar-refractivity contribution is 0.0919. The fraction of sp³-hybridized carbons (Fsp3) is 0.125. The summed E-state index contributed by atoms with van der Waals surface area (Å²) in [7, 11) is -7.76. The van der Waals surface area contributed by atoms with Crippen molar-refractivity contribution in [3.8, 4) is 0 Å². The van der Waals surface area contributed by atoms with Gasteiger partial charge in [-0.25, -0.2) is 16.8 Å². The molecular formula is C24H23N3O6S2. The number of carbonyl (C=O) groups is 1. The van der Waals surface area contributed by atoms with E-state index < -0.39 is 26.0 Å². The Hall–Kier alpha value is -3.67. The molecule has 0 unspecified atom stereocenters. The molecule has 0 aliphatic heterocycles. The lowest BCUT2D eigenvalue weighted by atomic mass is 10.1. The van der Waals surface area contributed by atoms with Gasteiger partial charge in [-0.15, -0.1) is 4.83 Å². The summed E-state index contributed by atoms with van der Waals surface area (Å²) >= 11 is 0. The van der Waals surface area contributed by atoms with Gasteiger partial charge in [0.25, 0.3) is 20.0 Å². The average Bonchev–Trinajstić information content (AvgIpc) is 3.27. The van der Waals surface area contributed by atoms with Gasteiger partial charge in [0, 0.05) is 11.1 Å². The first-order chi connectivity index (χ1) is 16.7. The summed E-state index contributed by atoms with van der Waals surface area (Å²) in [5.74, 6) is -0.961. The number of benzene rings is 3. The Bertz CT molecular complexity index is 1560. The van der Waals surface area contributed by atoms with Gasteiger partial charge in [-0.3, -0.25) is 14.9 Å². The number of hydrogen-bond donors (Lipinski definition) is 3. The van der Waals surface area contributed by atoms with Crippen LogP contribution >= 0.6 is 0 Å². The number of fused-ring (bicyclic) bond motifs is 1. The molecule has 182 valence electrons. The Morgan fingerprint density at radius 3 is 2.20 bits per heavy atom. The smallest absolute Gasteiger partial charge is 0.301 e. The first kappa shape index (κ1) is 24.5. The summed E-state index contributed by atoms with van der Waals surface area (Å²) in [5.41, 5.74) is 3.77. The second-order valence-electron chi connectivity index (χ2n) is 7.74. The first-order valence-corrected chi connectivity index (χ1v) is 13.7. The van der Waals surface area contributed by atoms with E-state index in [2.05, 4.69) is 17.1 Å². The van der Waals surface area contributed by atoms with Crippen LogP contribution < -0.4 is 15.0 Å². The number of anilines is 1. The highest BCUT2D eigenvalue weighted by atomic mass is 32.2. The molecule has 1 heterocycles. The van der Waals surface area contributed by atoms with Crippen molar-refractivity contribution in [2.24, 2.45) is 0 Å². The molecular weight excluding hydrogens is 490 g/mol. The Morgan fingerprint density at radius 2 is 1.51 bits per heavy atom. The minimum absolute atomic E-state index is 0.0122. The van der Waals surface area contributed by atoms with Crippen LogP contribution in [0.5, 0.6) is 0 Å². The largest absolute Gasteiger partial charge is 0.451 e. The van der Waals surface area contributed by atoms with Gasteiger partial charge < -0.3 is 4.42 Å². The van der Waals surface area contributed by atoms with Crippen LogP contribution in [0.3, 0.4) is 0 Å². The molecule has 3 N–H and O–H groups in total. The summed E-state index contributed by atoms with van der Waals surface area (Å²) in [4.78, 5) is 14.6. The van der Waals surface area contributed by atoms with Crippen LogP contribution in [0.15, 0.2) is 93.1 Å². The van der Waals surface area contributed by atoms with Crippen molar-refractivity contribution in [1.29, 1.82) is 0 Å². The van der Waals surface area contributed by atoms with Crippen LogP contribution in [0.25, 0.3) is 11.0 Å². The fourth-order valence-electron chi connectivity index (χ4n) is 3.39. The summed E-state index contributed by atoms with van der Waals surface area (Å²) in [5, 5.41) is 0.458. The van der Waals surface area contributed by atoms with Crippen molar-refractivity contribution < 1.29 is 26.0 Å². The Labute approximate surface area is 203 Å². The predicted molar refractivity (Wildman–Crippen MR) is 132 cm³/mol. The van der Waals surface area contributed by atoms with Crippen molar-refractivity contribution in [3.63, 3.8) is 0 Å². The highest BCUT2D eigenvalue weighted by molar-refractivity contribution is 7.92. The zero-order valence-corrected chi connectivity index (χ0v) is 20.3. The zero-order chi connectivity index (χ0) is 25.1. The monoisotopic (exact) mass is 513 g/mol. The number of rotatable bonds is 9. The normalized spacial score (nSPS) is 11.9.